The van der Waals surface area contributed by atoms with Gasteiger partial charge in [0.1, 0.15) is 12.4 Å². The highest BCUT2D eigenvalue weighted by Crippen LogP contribution is 2.20. The summed E-state index contributed by atoms with van der Waals surface area (Å²) in [5.41, 5.74) is 2.00. The largest absolute Gasteiger partial charge is 0.352 e. The second kappa shape index (κ2) is 11.2. The zero-order valence-electron chi connectivity index (χ0n) is 16.8. The van der Waals surface area contributed by atoms with E-state index in [1.807, 2.05) is 18.7 Å². The van der Waals surface area contributed by atoms with Crippen molar-refractivity contribution in [1.82, 2.24) is 20.4 Å². The third kappa shape index (κ3) is 7.25. The minimum atomic E-state index is -0.240. The molecule has 156 valence electrons. The van der Waals surface area contributed by atoms with Gasteiger partial charge in [-0.15, -0.1) is 24.0 Å². The van der Waals surface area contributed by atoms with Crippen LogP contribution in [0.15, 0.2) is 23.2 Å². The molecule has 0 atom stereocenters. The van der Waals surface area contributed by atoms with Crippen LogP contribution in [-0.2, 0) is 22.6 Å². The van der Waals surface area contributed by atoms with Crippen molar-refractivity contribution in [2.75, 3.05) is 33.7 Å². The van der Waals surface area contributed by atoms with E-state index in [4.69, 9.17) is 0 Å². The third-order valence-electron chi connectivity index (χ3n) is 4.20. The maximum absolute atomic E-state index is 13.4. The number of nitrogens with zero attached hydrogens (tertiary/aromatic N) is 3. The first-order chi connectivity index (χ1) is 12.8. The van der Waals surface area contributed by atoms with Gasteiger partial charge < -0.3 is 20.4 Å². The first kappa shape index (κ1) is 24.1. The highest BCUT2D eigenvalue weighted by Gasteiger charge is 2.21. The lowest BCUT2D eigenvalue weighted by Gasteiger charge is -2.32. The van der Waals surface area contributed by atoms with Crippen molar-refractivity contribution in [3.05, 3.63) is 35.1 Å². The second-order valence-electron chi connectivity index (χ2n) is 7.09. The van der Waals surface area contributed by atoms with E-state index < -0.39 is 0 Å². The highest BCUT2D eigenvalue weighted by molar-refractivity contribution is 14.0. The van der Waals surface area contributed by atoms with E-state index >= 15 is 0 Å². The van der Waals surface area contributed by atoms with E-state index in [9.17, 15) is 14.0 Å². The Kier molecular flexibility index (Phi) is 9.63. The number of hydrogen-bond acceptors (Lipinski definition) is 3. The highest BCUT2D eigenvalue weighted by atomic mass is 127. The van der Waals surface area contributed by atoms with Gasteiger partial charge in [0.15, 0.2) is 5.96 Å². The van der Waals surface area contributed by atoms with Crippen molar-refractivity contribution in [2.24, 2.45) is 4.99 Å². The fourth-order valence-corrected chi connectivity index (χ4v) is 2.80. The first-order valence-electron chi connectivity index (χ1n) is 9.06. The van der Waals surface area contributed by atoms with Gasteiger partial charge in [-0.25, -0.2) is 9.38 Å². The summed E-state index contributed by atoms with van der Waals surface area (Å²) in [5.74, 6) is -0.00763. The first-order valence-corrected chi connectivity index (χ1v) is 9.06. The smallest absolute Gasteiger partial charge is 0.242 e. The second-order valence-corrected chi connectivity index (χ2v) is 7.09. The molecule has 0 radical (unpaired) electrons. The van der Waals surface area contributed by atoms with Gasteiger partial charge in [-0.2, -0.15) is 0 Å². The van der Waals surface area contributed by atoms with Crippen LogP contribution in [-0.4, -0.2) is 67.3 Å². The molecule has 0 aliphatic carbocycles. The number of likely N-dealkylation sites (N-methyl/N-ethyl adjacent to an activating group) is 1. The number of hydrogen-bond donors (Lipinski definition) is 2. The number of carbonyl (C=O) groups excluding carboxylic acids is 2. The maximum atomic E-state index is 13.4. The molecule has 9 heteroatoms. The van der Waals surface area contributed by atoms with Gasteiger partial charge in [0.05, 0.1) is 6.54 Å². The van der Waals surface area contributed by atoms with Crippen LogP contribution < -0.4 is 10.6 Å². The van der Waals surface area contributed by atoms with Crippen LogP contribution in [0, 0.1) is 5.82 Å². The van der Waals surface area contributed by atoms with E-state index in [1.54, 1.807) is 26.2 Å². The van der Waals surface area contributed by atoms with Crippen LogP contribution in [0.1, 0.15) is 25.0 Å². The number of amides is 2. The van der Waals surface area contributed by atoms with Crippen LogP contribution in [0.3, 0.4) is 0 Å². The molecule has 1 aromatic rings. The normalized spacial score (nSPS) is 13.5. The summed E-state index contributed by atoms with van der Waals surface area (Å²) >= 11 is 0. The molecule has 1 aromatic carbocycles. The summed E-state index contributed by atoms with van der Waals surface area (Å²) in [6.07, 6.45) is 0.674. The van der Waals surface area contributed by atoms with Crippen LogP contribution in [0.25, 0.3) is 0 Å². The van der Waals surface area contributed by atoms with Crippen molar-refractivity contribution in [2.45, 2.75) is 32.9 Å². The van der Waals surface area contributed by atoms with Crippen LogP contribution >= 0.6 is 24.0 Å². The third-order valence-corrected chi connectivity index (χ3v) is 4.20. The topological polar surface area (TPSA) is 77.0 Å². The average Bonchev–Trinajstić information content (AvgIpc) is 2.60. The number of fused-ring (bicyclic) bond motifs is 1. The summed E-state index contributed by atoms with van der Waals surface area (Å²) in [7, 11) is 3.37. The minimum absolute atomic E-state index is 0. The Morgan fingerprint density at radius 3 is 2.64 bits per heavy atom. The molecule has 0 bridgehead atoms. The number of halogens is 2. The van der Waals surface area contributed by atoms with E-state index in [-0.39, 0.29) is 60.7 Å². The predicted molar refractivity (Wildman–Crippen MR) is 118 cm³/mol. The van der Waals surface area contributed by atoms with Crippen LogP contribution in [0.2, 0.25) is 0 Å². The summed E-state index contributed by atoms with van der Waals surface area (Å²) in [6.45, 7) is 5.01. The van der Waals surface area contributed by atoms with Crippen molar-refractivity contribution < 1.29 is 14.0 Å². The molecule has 0 aromatic heterocycles. The molecule has 1 aliphatic rings. The summed E-state index contributed by atoms with van der Waals surface area (Å²) in [6, 6.07) is 4.81. The molecule has 0 saturated heterocycles. The Morgan fingerprint density at radius 2 is 2.00 bits per heavy atom. The predicted octanol–water partition coefficient (Wildman–Crippen LogP) is 1.36. The lowest BCUT2D eigenvalue weighted by molar-refractivity contribution is -0.127. The average molecular weight is 505 g/mol. The quantitative estimate of drug-likeness (QED) is 0.360. The molecule has 28 heavy (non-hydrogen) atoms. The molecule has 0 unspecified atom stereocenters. The minimum Gasteiger partial charge on any atom is -0.352 e. The molecule has 2 amide bonds. The molecule has 0 spiro atoms. The van der Waals surface area contributed by atoms with Crippen molar-refractivity contribution in [3.8, 4) is 0 Å². The fraction of sp³-hybridized carbons (Fsp3) is 0.526. The SMILES string of the molecule is CC(C)NC(=O)CN=C(NCC(=O)N(C)C)N1CCc2cc(F)ccc2C1.I. The lowest BCUT2D eigenvalue weighted by atomic mass is 10.00. The van der Waals surface area contributed by atoms with Gasteiger partial charge in [-0.1, -0.05) is 6.07 Å². The van der Waals surface area contributed by atoms with E-state index in [0.717, 1.165) is 11.1 Å². The number of rotatable bonds is 5. The van der Waals surface area contributed by atoms with Crippen molar-refractivity contribution >= 4 is 41.8 Å². The molecule has 2 N–H and O–H groups in total. The molecule has 2 rings (SSSR count). The number of benzene rings is 1. The molecule has 1 heterocycles. The van der Waals surface area contributed by atoms with Crippen molar-refractivity contribution in [1.29, 1.82) is 0 Å². The van der Waals surface area contributed by atoms with Gasteiger partial charge in [-0.05, 0) is 43.5 Å². The van der Waals surface area contributed by atoms with E-state index in [2.05, 4.69) is 15.6 Å². The van der Waals surface area contributed by atoms with Gasteiger partial charge in [0.2, 0.25) is 11.8 Å². The molecule has 0 saturated carbocycles. The van der Waals surface area contributed by atoms with E-state index in [0.29, 0.717) is 25.5 Å². The Bertz CT molecular complexity index is 724. The summed E-state index contributed by atoms with van der Waals surface area (Å²) in [5, 5.41) is 5.85. The van der Waals surface area contributed by atoms with Gasteiger partial charge in [-0.3, -0.25) is 9.59 Å². The van der Waals surface area contributed by atoms with Gasteiger partial charge >= 0.3 is 0 Å². The van der Waals surface area contributed by atoms with Crippen molar-refractivity contribution in [3.63, 3.8) is 0 Å². The Labute approximate surface area is 182 Å². The number of nitrogens with one attached hydrogen (secondary N) is 2. The van der Waals surface area contributed by atoms with Gasteiger partial charge in [0.25, 0.3) is 0 Å². The Morgan fingerprint density at radius 1 is 1.29 bits per heavy atom. The number of aliphatic imine (C=N–C) groups is 1. The van der Waals surface area contributed by atoms with Crippen LogP contribution in [0.5, 0.6) is 0 Å². The number of carbonyl (C=O) groups is 2. The molecular formula is C19H29FIN5O2. The lowest BCUT2D eigenvalue weighted by Crippen LogP contribution is -2.47. The fourth-order valence-electron chi connectivity index (χ4n) is 2.80. The molecule has 1 aliphatic heterocycles. The molecular weight excluding hydrogens is 476 g/mol. The zero-order valence-corrected chi connectivity index (χ0v) is 19.1. The summed E-state index contributed by atoms with van der Waals surface area (Å²) < 4.78 is 13.4. The molecule has 0 fully saturated rings. The maximum Gasteiger partial charge on any atom is 0.242 e. The van der Waals surface area contributed by atoms with Gasteiger partial charge in [0, 0.05) is 33.2 Å². The number of guanidine groups is 1. The Balaban J connectivity index is 0.00000392. The molecule has 7 nitrogen and oxygen atoms in total. The van der Waals surface area contributed by atoms with E-state index in [1.165, 1.54) is 11.0 Å². The summed E-state index contributed by atoms with van der Waals surface area (Å²) in [4.78, 5) is 31.7. The Hall–Kier alpha value is -1.91. The monoisotopic (exact) mass is 505 g/mol. The zero-order chi connectivity index (χ0) is 20.0. The van der Waals surface area contributed by atoms with Crippen LogP contribution in [0.4, 0.5) is 4.39 Å². The standard InChI is InChI=1S/C19H28FN5O2.HI/c1-13(2)23-17(26)10-21-19(22-11-18(27)24(3)4)25-8-7-14-9-16(20)6-5-15(14)12-25;/h5-6,9,13H,7-8,10-12H2,1-4H3,(H,21,22)(H,23,26);1H.